The Morgan fingerprint density at radius 2 is 2.06 bits per heavy atom. The van der Waals surface area contributed by atoms with Crippen LogP contribution in [0.5, 0.6) is 0 Å². The minimum atomic E-state index is -0.303. The summed E-state index contributed by atoms with van der Waals surface area (Å²) in [5.74, 6) is 0. The molecule has 16 heavy (non-hydrogen) atoms. The first-order valence-electron chi connectivity index (χ1n) is 5.36. The average Bonchev–Trinajstić information content (AvgIpc) is 2.28. The highest BCUT2D eigenvalue weighted by molar-refractivity contribution is 5.72. The van der Waals surface area contributed by atoms with E-state index < -0.39 is 0 Å². The third-order valence-electron chi connectivity index (χ3n) is 2.28. The summed E-state index contributed by atoms with van der Waals surface area (Å²) in [5, 5.41) is 2.78. The zero-order chi connectivity index (χ0) is 11.8. The van der Waals surface area contributed by atoms with Crippen LogP contribution in [0.4, 0.5) is 4.79 Å². The van der Waals surface area contributed by atoms with Gasteiger partial charge in [0.1, 0.15) is 0 Å². The van der Waals surface area contributed by atoms with Crippen LogP contribution in [0.2, 0.25) is 0 Å². The van der Waals surface area contributed by atoms with E-state index >= 15 is 0 Å². The van der Waals surface area contributed by atoms with Crippen molar-refractivity contribution in [1.29, 1.82) is 0 Å². The molecule has 0 saturated carbocycles. The summed E-state index contributed by atoms with van der Waals surface area (Å²) >= 11 is 0. The lowest BCUT2D eigenvalue weighted by Gasteiger charge is -2.13. The molecule has 4 nitrogen and oxygen atoms in total. The maximum Gasteiger partial charge on any atom is 0.338 e. The van der Waals surface area contributed by atoms with Crippen LogP contribution in [0.1, 0.15) is 18.9 Å². The zero-order valence-electron chi connectivity index (χ0n) is 9.69. The van der Waals surface area contributed by atoms with Crippen molar-refractivity contribution >= 4 is 6.03 Å². The van der Waals surface area contributed by atoms with E-state index in [0.717, 1.165) is 12.8 Å². The van der Waals surface area contributed by atoms with Crippen LogP contribution < -0.4 is 10.8 Å². The molecule has 1 aromatic rings. The summed E-state index contributed by atoms with van der Waals surface area (Å²) in [6.45, 7) is 1.97. The first-order chi connectivity index (χ1) is 7.72. The van der Waals surface area contributed by atoms with E-state index in [4.69, 9.17) is 0 Å². The molecule has 2 amide bonds. The fourth-order valence-electron chi connectivity index (χ4n) is 1.45. The first kappa shape index (κ1) is 12.5. The molecule has 0 fully saturated rings. The molecular formula is C12H18N2O2. The Kier molecular flexibility index (Phi) is 5.36. The van der Waals surface area contributed by atoms with Crippen molar-refractivity contribution in [1.82, 2.24) is 10.8 Å². The summed E-state index contributed by atoms with van der Waals surface area (Å²) < 4.78 is 0. The molecule has 0 aliphatic heterocycles. The van der Waals surface area contributed by atoms with Crippen LogP contribution >= 0.6 is 0 Å². The van der Waals surface area contributed by atoms with Gasteiger partial charge in [0.15, 0.2) is 0 Å². The van der Waals surface area contributed by atoms with Gasteiger partial charge in [-0.3, -0.25) is 4.84 Å². The van der Waals surface area contributed by atoms with Crippen molar-refractivity contribution in [2.75, 3.05) is 7.11 Å². The van der Waals surface area contributed by atoms with Gasteiger partial charge in [0.2, 0.25) is 0 Å². The Morgan fingerprint density at radius 1 is 1.38 bits per heavy atom. The predicted molar refractivity (Wildman–Crippen MR) is 62.9 cm³/mol. The van der Waals surface area contributed by atoms with Crippen molar-refractivity contribution in [3.05, 3.63) is 35.9 Å². The number of hydrogen-bond acceptors (Lipinski definition) is 2. The lowest BCUT2D eigenvalue weighted by Crippen LogP contribution is -2.40. The quantitative estimate of drug-likeness (QED) is 0.747. The highest BCUT2D eigenvalue weighted by Gasteiger charge is 2.06. The smallest absolute Gasteiger partial charge is 0.334 e. The molecular weight excluding hydrogens is 204 g/mol. The summed E-state index contributed by atoms with van der Waals surface area (Å²) in [6, 6.07) is 10.0. The molecule has 0 bridgehead atoms. The number of nitrogens with one attached hydrogen (secondary N) is 2. The van der Waals surface area contributed by atoms with Crippen molar-refractivity contribution < 1.29 is 9.63 Å². The van der Waals surface area contributed by atoms with Gasteiger partial charge in [0, 0.05) is 6.04 Å². The molecule has 0 spiro atoms. The van der Waals surface area contributed by atoms with Crippen LogP contribution in [-0.2, 0) is 11.3 Å². The van der Waals surface area contributed by atoms with E-state index in [2.05, 4.69) is 27.8 Å². The third kappa shape index (κ3) is 4.79. The molecule has 0 aromatic heterocycles. The van der Waals surface area contributed by atoms with Crippen molar-refractivity contribution in [3.63, 3.8) is 0 Å². The Labute approximate surface area is 95.9 Å². The van der Waals surface area contributed by atoms with Crippen molar-refractivity contribution in [2.45, 2.75) is 25.8 Å². The highest BCUT2D eigenvalue weighted by atomic mass is 16.6. The van der Waals surface area contributed by atoms with E-state index in [-0.39, 0.29) is 12.1 Å². The highest BCUT2D eigenvalue weighted by Crippen LogP contribution is 2.04. The Bertz CT molecular complexity index is 314. The lowest BCUT2D eigenvalue weighted by atomic mass is 10.1. The maximum atomic E-state index is 11.1. The number of benzene rings is 1. The van der Waals surface area contributed by atoms with E-state index in [1.807, 2.05) is 25.1 Å². The molecule has 0 radical (unpaired) electrons. The SMILES string of the molecule is CONC(=O)NC(C)CCc1ccccc1. The third-order valence-corrected chi connectivity index (χ3v) is 2.28. The van der Waals surface area contributed by atoms with Gasteiger partial charge in [-0.1, -0.05) is 30.3 Å². The number of urea groups is 1. The number of rotatable bonds is 5. The predicted octanol–water partition coefficient (Wildman–Crippen LogP) is 1.87. The van der Waals surface area contributed by atoms with E-state index in [0.29, 0.717) is 0 Å². The average molecular weight is 222 g/mol. The molecule has 1 aromatic carbocycles. The Morgan fingerprint density at radius 3 is 2.69 bits per heavy atom. The van der Waals surface area contributed by atoms with E-state index in [9.17, 15) is 4.79 Å². The standard InChI is InChI=1S/C12H18N2O2/c1-10(13-12(15)14-16-2)8-9-11-6-4-3-5-7-11/h3-7,10H,8-9H2,1-2H3,(H2,13,14,15). The van der Waals surface area contributed by atoms with E-state index in [1.165, 1.54) is 12.7 Å². The zero-order valence-corrected chi connectivity index (χ0v) is 9.69. The first-order valence-corrected chi connectivity index (χ1v) is 5.36. The fraction of sp³-hybridized carbons (Fsp3) is 0.417. The van der Waals surface area contributed by atoms with Crippen LogP contribution in [0.25, 0.3) is 0 Å². The second kappa shape index (κ2) is 6.85. The molecule has 2 N–H and O–H groups in total. The fourth-order valence-corrected chi connectivity index (χ4v) is 1.45. The van der Waals surface area contributed by atoms with Crippen LogP contribution in [0.15, 0.2) is 30.3 Å². The molecule has 88 valence electrons. The van der Waals surface area contributed by atoms with Gasteiger partial charge in [-0.2, -0.15) is 0 Å². The molecule has 1 rings (SSSR count). The second-order valence-corrected chi connectivity index (χ2v) is 3.70. The summed E-state index contributed by atoms with van der Waals surface area (Å²) in [6.07, 6.45) is 1.86. The summed E-state index contributed by atoms with van der Waals surface area (Å²) in [5.41, 5.74) is 3.51. The molecule has 1 atom stereocenters. The largest absolute Gasteiger partial charge is 0.338 e. The number of amides is 2. The van der Waals surface area contributed by atoms with Crippen molar-refractivity contribution in [3.8, 4) is 0 Å². The van der Waals surface area contributed by atoms with Gasteiger partial charge in [0.25, 0.3) is 0 Å². The van der Waals surface area contributed by atoms with Gasteiger partial charge in [-0.25, -0.2) is 10.3 Å². The Hall–Kier alpha value is -1.55. The number of carbonyl (C=O) groups excluding carboxylic acids is 1. The van der Waals surface area contributed by atoms with Crippen molar-refractivity contribution in [2.24, 2.45) is 0 Å². The number of hydrogen-bond donors (Lipinski definition) is 2. The van der Waals surface area contributed by atoms with Crippen LogP contribution in [0.3, 0.4) is 0 Å². The van der Waals surface area contributed by atoms with Gasteiger partial charge >= 0.3 is 6.03 Å². The van der Waals surface area contributed by atoms with Gasteiger partial charge in [-0.05, 0) is 25.3 Å². The molecule has 0 saturated heterocycles. The van der Waals surface area contributed by atoms with Crippen LogP contribution in [-0.4, -0.2) is 19.2 Å². The van der Waals surface area contributed by atoms with Crippen LogP contribution in [0, 0.1) is 0 Å². The molecule has 0 heterocycles. The summed E-state index contributed by atoms with van der Waals surface area (Å²) in [7, 11) is 1.41. The van der Waals surface area contributed by atoms with Gasteiger partial charge in [0.05, 0.1) is 7.11 Å². The number of aryl methyl sites for hydroxylation is 1. The summed E-state index contributed by atoms with van der Waals surface area (Å²) in [4.78, 5) is 15.6. The Balaban J connectivity index is 2.25. The maximum absolute atomic E-state index is 11.1. The number of hydroxylamine groups is 1. The molecule has 4 heteroatoms. The molecule has 1 unspecified atom stereocenters. The lowest BCUT2D eigenvalue weighted by molar-refractivity contribution is 0.106. The minimum Gasteiger partial charge on any atom is -0.334 e. The number of carbonyl (C=O) groups is 1. The monoisotopic (exact) mass is 222 g/mol. The second-order valence-electron chi connectivity index (χ2n) is 3.70. The molecule has 0 aliphatic carbocycles. The van der Waals surface area contributed by atoms with E-state index in [1.54, 1.807) is 0 Å². The minimum absolute atomic E-state index is 0.121. The van der Waals surface area contributed by atoms with Gasteiger partial charge < -0.3 is 5.32 Å². The molecule has 0 aliphatic rings. The topological polar surface area (TPSA) is 50.4 Å². The normalized spacial score (nSPS) is 11.9. The van der Waals surface area contributed by atoms with Gasteiger partial charge in [-0.15, -0.1) is 0 Å².